The van der Waals surface area contributed by atoms with Crippen molar-refractivity contribution in [1.29, 1.82) is 0 Å². The molecule has 2 saturated heterocycles. The summed E-state index contributed by atoms with van der Waals surface area (Å²) in [6.45, 7) is 22.5. The summed E-state index contributed by atoms with van der Waals surface area (Å²) in [6.07, 6.45) is 2.63. The summed E-state index contributed by atoms with van der Waals surface area (Å²) in [6, 6.07) is 28.0. The van der Waals surface area contributed by atoms with Crippen LogP contribution in [0.15, 0.2) is 109 Å². The van der Waals surface area contributed by atoms with Crippen molar-refractivity contribution in [2.24, 2.45) is 5.41 Å². The van der Waals surface area contributed by atoms with Crippen molar-refractivity contribution in [2.45, 2.75) is 149 Å². The molecule has 2 aliphatic heterocycles. The zero-order valence-electron chi connectivity index (χ0n) is 40.6. The first kappa shape index (κ1) is 48.1. The van der Waals surface area contributed by atoms with E-state index in [0.29, 0.717) is 29.8 Å². The number of nitrogens with zero attached hydrogens (tertiary/aromatic N) is 5. The maximum atomic E-state index is 13.7. The van der Waals surface area contributed by atoms with Gasteiger partial charge in [0.2, 0.25) is 0 Å². The molecule has 14 heteroatoms. The lowest BCUT2D eigenvalue weighted by molar-refractivity contribution is -0.191. The van der Waals surface area contributed by atoms with Gasteiger partial charge in [0.25, 0.3) is 0 Å². The van der Waals surface area contributed by atoms with E-state index in [1.807, 2.05) is 94.6 Å². The molecule has 4 heterocycles. The van der Waals surface area contributed by atoms with E-state index < -0.39 is 70.7 Å². The van der Waals surface area contributed by atoms with E-state index in [4.69, 9.17) is 43.4 Å². The summed E-state index contributed by atoms with van der Waals surface area (Å²) < 4.78 is 39.0. The van der Waals surface area contributed by atoms with E-state index in [9.17, 15) is 9.59 Å². The Morgan fingerprint density at radius 3 is 1.86 bits per heavy atom. The fourth-order valence-electron chi connectivity index (χ4n) is 8.84. The molecule has 2 aliphatic rings. The molecule has 66 heavy (non-hydrogen) atoms. The molecule has 0 unspecified atom stereocenters. The van der Waals surface area contributed by atoms with Crippen molar-refractivity contribution in [2.75, 3.05) is 12.4 Å². The fourth-order valence-corrected chi connectivity index (χ4v) is 8.84. The minimum Gasteiger partial charge on any atom is -0.497 e. The van der Waals surface area contributed by atoms with Gasteiger partial charge in [0.05, 0.1) is 19.5 Å². The molecule has 352 valence electrons. The summed E-state index contributed by atoms with van der Waals surface area (Å²) >= 11 is 0. The highest BCUT2D eigenvalue weighted by molar-refractivity contribution is 5.89. The van der Waals surface area contributed by atoms with E-state index in [1.54, 1.807) is 55.0 Å². The molecule has 1 N–H and O–H groups in total. The number of nitrogens with one attached hydrogen (secondary N) is 1. The molecule has 14 nitrogen and oxygen atoms in total. The van der Waals surface area contributed by atoms with E-state index in [-0.39, 0.29) is 0 Å². The topological polar surface area (TPSA) is 148 Å². The lowest BCUT2D eigenvalue weighted by Gasteiger charge is -2.40. The third-order valence-electron chi connectivity index (χ3n) is 11.7. The number of amides is 2. The number of carbonyl (C=O) groups excluding carboxylic acids is 2. The van der Waals surface area contributed by atoms with Gasteiger partial charge >= 0.3 is 12.2 Å². The minimum absolute atomic E-state index is 0.445. The van der Waals surface area contributed by atoms with Gasteiger partial charge in [-0.15, -0.1) is 0 Å². The molecule has 2 amide bonds. The number of hydrogen-bond donors (Lipinski definition) is 1. The molecule has 0 bridgehead atoms. The van der Waals surface area contributed by atoms with Crippen LogP contribution in [0.2, 0.25) is 0 Å². The molecule has 7 rings (SSSR count). The Balaban J connectivity index is 1.21. The Labute approximate surface area is 389 Å². The van der Waals surface area contributed by atoms with Gasteiger partial charge < -0.3 is 33.7 Å². The van der Waals surface area contributed by atoms with E-state index in [0.717, 1.165) is 32.9 Å². The molecule has 5 aromatic rings. The van der Waals surface area contributed by atoms with Crippen LogP contribution in [-0.2, 0) is 29.2 Å². The fraction of sp³-hybridized carbons (Fsp3) is 0.481. The van der Waals surface area contributed by atoms with Gasteiger partial charge in [-0.2, -0.15) is 0 Å². The number of anilines is 1. The third-order valence-corrected chi connectivity index (χ3v) is 11.7. The molecule has 3 aromatic carbocycles. The summed E-state index contributed by atoms with van der Waals surface area (Å²) in [5.74, 6) is 0.374. The summed E-state index contributed by atoms with van der Waals surface area (Å²) in [7, 11) is 1.66. The molecule has 2 fully saturated rings. The summed E-state index contributed by atoms with van der Waals surface area (Å²) in [4.78, 5) is 43.2. The second kappa shape index (κ2) is 18.5. The van der Waals surface area contributed by atoms with Crippen LogP contribution in [-0.4, -0.2) is 85.1 Å². The normalized spacial score (nSPS) is 20.4. The lowest BCUT2D eigenvalue weighted by atomic mass is 9.77. The quantitative estimate of drug-likeness (QED) is 0.0938. The van der Waals surface area contributed by atoms with Crippen molar-refractivity contribution in [3.8, 4) is 5.75 Å². The minimum atomic E-state index is -0.905. The third kappa shape index (κ3) is 10.4. The van der Waals surface area contributed by atoms with Crippen LogP contribution < -0.4 is 10.1 Å². The average molecular weight is 903 g/mol. The number of allylic oxidation sites excluding steroid dienone is 1. The second-order valence-corrected chi connectivity index (χ2v) is 20.7. The van der Waals surface area contributed by atoms with Gasteiger partial charge in [-0.05, 0) is 109 Å². The Hall–Kier alpha value is -5.83. The Morgan fingerprint density at radius 2 is 1.33 bits per heavy atom. The van der Waals surface area contributed by atoms with Crippen molar-refractivity contribution < 1.29 is 38.0 Å². The largest absolute Gasteiger partial charge is 0.497 e. The maximum Gasteiger partial charge on any atom is 0.420 e. The Kier molecular flexibility index (Phi) is 13.5. The predicted octanol–water partition coefficient (Wildman–Crippen LogP) is 11.0. The SMILES string of the molecule is COc1ccc(C(Nc2ncnc3c2ncn3[C@@H]2O[C@H](C=C(C)CC[C@H](N(C(=O)OC(C)(C)C)C(=O)OC(C)(C)C)C(C)(C)C)[C@H]3OC(C)(C)O[C@H]32)(c2ccccc2)c2ccccc2)cc1. The highest BCUT2D eigenvalue weighted by Crippen LogP contribution is 2.46. The Bertz CT molecular complexity index is 2440. The van der Waals surface area contributed by atoms with Crippen LogP contribution in [0.3, 0.4) is 0 Å². The highest BCUT2D eigenvalue weighted by Gasteiger charge is 2.56. The van der Waals surface area contributed by atoms with Crippen LogP contribution in [0.4, 0.5) is 15.4 Å². The first-order valence-corrected chi connectivity index (χ1v) is 22.6. The van der Waals surface area contributed by atoms with Gasteiger partial charge in [0, 0.05) is 0 Å². The number of rotatable bonds is 12. The molecule has 0 saturated carbocycles. The zero-order valence-corrected chi connectivity index (χ0v) is 40.6. The first-order valence-electron chi connectivity index (χ1n) is 22.6. The number of imide groups is 1. The van der Waals surface area contributed by atoms with Crippen molar-refractivity contribution >= 4 is 29.2 Å². The average Bonchev–Trinajstić information content (AvgIpc) is 3.91. The highest BCUT2D eigenvalue weighted by atomic mass is 16.8. The second-order valence-electron chi connectivity index (χ2n) is 20.7. The number of ether oxygens (including phenoxy) is 6. The molecule has 0 spiro atoms. The standard InChI is InChI=1S/C52H66N6O8/c1-33(24-29-39(48(2,3)4)58(46(59)65-49(5,6)7)47(60)66-50(8,9)10)30-38-41-42(64-51(11,12)63-41)45(62-38)57-32-55-40-43(53-31-54-44(40)57)56-52(34-20-16-14-17-21-34,35-22-18-15-19-23-35)36-25-27-37(61-13)28-26-36/h14-23,25-28,30-32,38-39,41-42,45H,24,29H2,1-13H3,(H,53,54,56)/t38-,39+,41-,42-,45-/m1/s1. The van der Waals surface area contributed by atoms with E-state index >= 15 is 0 Å². The van der Waals surface area contributed by atoms with Crippen LogP contribution in [0.25, 0.3) is 11.2 Å². The zero-order chi connectivity index (χ0) is 47.8. The number of carbonyl (C=O) groups is 2. The van der Waals surface area contributed by atoms with Crippen molar-refractivity contribution in [3.63, 3.8) is 0 Å². The number of hydrogen-bond acceptors (Lipinski definition) is 12. The summed E-state index contributed by atoms with van der Waals surface area (Å²) in [5.41, 5.74) is 1.96. The van der Waals surface area contributed by atoms with Gasteiger partial charge in [-0.1, -0.05) is 105 Å². The van der Waals surface area contributed by atoms with Crippen LogP contribution in [0, 0.1) is 5.41 Å². The van der Waals surface area contributed by atoms with Crippen LogP contribution in [0.5, 0.6) is 5.75 Å². The Morgan fingerprint density at radius 1 is 0.788 bits per heavy atom. The summed E-state index contributed by atoms with van der Waals surface area (Å²) in [5, 5.41) is 3.86. The van der Waals surface area contributed by atoms with Gasteiger partial charge in [0.15, 0.2) is 29.0 Å². The monoisotopic (exact) mass is 902 g/mol. The number of fused-ring (bicyclic) bond motifs is 2. The number of methoxy groups -OCH3 is 1. The first-order chi connectivity index (χ1) is 31.0. The number of imidazole rings is 1. The van der Waals surface area contributed by atoms with Gasteiger partial charge in [-0.25, -0.2) is 29.4 Å². The number of aromatic nitrogens is 4. The van der Waals surface area contributed by atoms with Crippen molar-refractivity contribution in [1.82, 2.24) is 24.4 Å². The lowest BCUT2D eigenvalue weighted by Crippen LogP contribution is -2.53. The maximum absolute atomic E-state index is 13.7. The number of benzene rings is 3. The van der Waals surface area contributed by atoms with Crippen LogP contribution >= 0.6 is 0 Å². The van der Waals surface area contributed by atoms with Crippen molar-refractivity contribution in [3.05, 3.63) is 126 Å². The molecular formula is C52H66N6O8. The predicted molar refractivity (Wildman–Crippen MR) is 253 cm³/mol. The smallest absolute Gasteiger partial charge is 0.420 e. The van der Waals surface area contributed by atoms with Gasteiger partial charge in [-0.3, -0.25) is 4.57 Å². The molecule has 5 atom stereocenters. The van der Waals surface area contributed by atoms with E-state index in [1.165, 1.54) is 6.33 Å². The van der Waals surface area contributed by atoms with Gasteiger partial charge in [0.1, 0.15) is 47.1 Å². The molecule has 2 aromatic heterocycles. The molecule has 0 aliphatic carbocycles. The van der Waals surface area contributed by atoms with E-state index in [2.05, 4.69) is 47.8 Å². The molecular weight excluding hydrogens is 837 g/mol. The van der Waals surface area contributed by atoms with Crippen LogP contribution in [0.1, 0.15) is 119 Å². The molecule has 0 radical (unpaired) electrons.